The minimum Gasteiger partial charge on any atom is -0.504 e. The van der Waals surface area contributed by atoms with Crippen molar-refractivity contribution in [2.45, 2.75) is 26.5 Å². The van der Waals surface area contributed by atoms with Crippen molar-refractivity contribution < 1.29 is 9.84 Å². The van der Waals surface area contributed by atoms with E-state index in [1.165, 1.54) is 0 Å². The monoisotopic (exact) mass is 310 g/mol. The molecule has 5 heteroatoms. The average molecular weight is 311 g/mol. The quantitative estimate of drug-likeness (QED) is 0.940. The van der Waals surface area contributed by atoms with Gasteiger partial charge in [-0.05, 0) is 41.9 Å². The van der Waals surface area contributed by atoms with Crippen molar-refractivity contribution in [3.05, 3.63) is 40.9 Å². The van der Waals surface area contributed by atoms with Crippen LogP contribution in [0.1, 0.15) is 25.6 Å². The fourth-order valence-electron chi connectivity index (χ4n) is 1.58. The van der Waals surface area contributed by atoms with Gasteiger partial charge in [-0.15, -0.1) is 0 Å². The highest BCUT2D eigenvalue weighted by molar-refractivity contribution is 9.10. The van der Waals surface area contributed by atoms with Crippen molar-refractivity contribution in [2.75, 3.05) is 0 Å². The number of rotatable bonds is 4. The van der Waals surface area contributed by atoms with Crippen LogP contribution < -0.4 is 4.74 Å². The van der Waals surface area contributed by atoms with Crippen LogP contribution in [0.2, 0.25) is 0 Å². The average Bonchev–Trinajstić information content (AvgIpc) is 2.70. The molecule has 1 N–H and O–H groups in total. The van der Waals surface area contributed by atoms with E-state index in [9.17, 15) is 5.11 Å². The Hall–Kier alpha value is -1.49. The van der Waals surface area contributed by atoms with Crippen LogP contribution in [0.4, 0.5) is 0 Å². The number of para-hydroxylation sites is 2. The number of nitrogens with zero attached hydrogens (tertiary/aromatic N) is 2. The molecule has 0 amide bonds. The maximum absolute atomic E-state index is 9.58. The standard InChI is InChI=1S/C13H15BrN2O2/c1-9(2)16-7-10(15-13(16)14)8-18-12-6-4-3-5-11(12)17/h3-7,9,17H,8H2,1-2H3. The second-order valence-corrected chi connectivity index (χ2v) is 4.97. The fraction of sp³-hybridized carbons (Fsp3) is 0.308. The number of aromatic hydroxyl groups is 1. The zero-order valence-corrected chi connectivity index (χ0v) is 11.9. The van der Waals surface area contributed by atoms with Crippen LogP contribution in [0.5, 0.6) is 11.5 Å². The SMILES string of the molecule is CC(C)n1cc(COc2ccccc2O)nc1Br. The van der Waals surface area contributed by atoms with Crippen LogP contribution in [0.15, 0.2) is 35.2 Å². The van der Waals surface area contributed by atoms with Crippen molar-refractivity contribution in [1.82, 2.24) is 9.55 Å². The molecule has 0 atom stereocenters. The molecule has 0 spiro atoms. The lowest BCUT2D eigenvalue weighted by Crippen LogP contribution is -1.99. The number of benzene rings is 1. The maximum atomic E-state index is 9.58. The molecule has 0 saturated heterocycles. The van der Waals surface area contributed by atoms with Gasteiger partial charge in [0, 0.05) is 12.2 Å². The van der Waals surface area contributed by atoms with Crippen LogP contribution in [0.3, 0.4) is 0 Å². The van der Waals surface area contributed by atoms with E-state index >= 15 is 0 Å². The summed E-state index contributed by atoms with van der Waals surface area (Å²) < 4.78 is 8.33. The molecule has 0 saturated carbocycles. The van der Waals surface area contributed by atoms with Crippen LogP contribution in [-0.2, 0) is 6.61 Å². The highest BCUT2D eigenvalue weighted by atomic mass is 79.9. The predicted octanol–water partition coefficient (Wildman–Crippen LogP) is 3.51. The summed E-state index contributed by atoms with van der Waals surface area (Å²) in [5.41, 5.74) is 0.818. The number of imidazole rings is 1. The lowest BCUT2D eigenvalue weighted by molar-refractivity contribution is 0.285. The zero-order chi connectivity index (χ0) is 13.1. The fourth-order valence-corrected chi connectivity index (χ4v) is 2.32. The minimum absolute atomic E-state index is 0.139. The molecular formula is C13H15BrN2O2. The van der Waals surface area contributed by atoms with Crippen molar-refractivity contribution in [1.29, 1.82) is 0 Å². The first kappa shape index (κ1) is 13.0. The molecule has 96 valence electrons. The van der Waals surface area contributed by atoms with E-state index in [0.717, 1.165) is 10.4 Å². The first-order valence-electron chi connectivity index (χ1n) is 5.72. The van der Waals surface area contributed by atoms with E-state index in [1.54, 1.807) is 18.2 Å². The van der Waals surface area contributed by atoms with Crippen LogP contribution >= 0.6 is 15.9 Å². The molecule has 1 aromatic carbocycles. The summed E-state index contributed by atoms with van der Waals surface area (Å²) >= 11 is 3.41. The van der Waals surface area contributed by atoms with Crippen LogP contribution in [-0.4, -0.2) is 14.7 Å². The van der Waals surface area contributed by atoms with E-state index in [4.69, 9.17) is 4.74 Å². The third-order valence-corrected chi connectivity index (χ3v) is 3.12. The van der Waals surface area contributed by atoms with Crippen molar-refractivity contribution in [2.24, 2.45) is 0 Å². The molecule has 0 aliphatic carbocycles. The van der Waals surface area contributed by atoms with Crippen molar-refractivity contribution in [3.8, 4) is 11.5 Å². The molecule has 0 radical (unpaired) electrons. The van der Waals surface area contributed by atoms with E-state index in [0.29, 0.717) is 18.4 Å². The summed E-state index contributed by atoms with van der Waals surface area (Å²) in [5.74, 6) is 0.604. The van der Waals surface area contributed by atoms with Gasteiger partial charge in [-0.25, -0.2) is 4.98 Å². The maximum Gasteiger partial charge on any atom is 0.177 e. The Morgan fingerprint density at radius 2 is 2.11 bits per heavy atom. The second-order valence-electron chi connectivity index (χ2n) is 4.26. The third-order valence-electron chi connectivity index (χ3n) is 2.53. The number of phenolic OH excluding ortho intramolecular Hbond substituents is 1. The number of ether oxygens (including phenoxy) is 1. The summed E-state index contributed by atoms with van der Waals surface area (Å²) in [6.07, 6.45) is 1.94. The Morgan fingerprint density at radius 1 is 1.39 bits per heavy atom. The van der Waals surface area contributed by atoms with Gasteiger partial charge in [0.15, 0.2) is 16.2 Å². The summed E-state index contributed by atoms with van der Waals surface area (Å²) in [6, 6.07) is 7.23. The molecule has 1 heterocycles. The van der Waals surface area contributed by atoms with E-state index in [-0.39, 0.29) is 5.75 Å². The highest BCUT2D eigenvalue weighted by Crippen LogP contribution is 2.25. The van der Waals surface area contributed by atoms with Gasteiger partial charge in [-0.2, -0.15) is 0 Å². The molecule has 2 aromatic rings. The van der Waals surface area contributed by atoms with Gasteiger partial charge in [0.05, 0.1) is 5.69 Å². The molecule has 2 rings (SSSR count). The number of phenols is 1. The molecule has 0 bridgehead atoms. The van der Waals surface area contributed by atoms with E-state index < -0.39 is 0 Å². The number of aromatic nitrogens is 2. The molecule has 0 aliphatic rings. The predicted molar refractivity (Wildman–Crippen MR) is 72.8 cm³/mol. The van der Waals surface area contributed by atoms with Gasteiger partial charge >= 0.3 is 0 Å². The van der Waals surface area contributed by atoms with Crippen LogP contribution in [0, 0.1) is 0 Å². The molecule has 18 heavy (non-hydrogen) atoms. The van der Waals surface area contributed by atoms with Gasteiger partial charge in [0.2, 0.25) is 0 Å². The summed E-state index contributed by atoms with van der Waals surface area (Å²) in [7, 11) is 0. The smallest absolute Gasteiger partial charge is 0.177 e. The topological polar surface area (TPSA) is 47.3 Å². The van der Waals surface area contributed by atoms with Crippen LogP contribution in [0.25, 0.3) is 0 Å². The highest BCUT2D eigenvalue weighted by Gasteiger charge is 2.09. The van der Waals surface area contributed by atoms with Gasteiger partial charge < -0.3 is 14.4 Å². The van der Waals surface area contributed by atoms with Gasteiger partial charge in [0.25, 0.3) is 0 Å². The van der Waals surface area contributed by atoms with E-state index in [1.807, 2.05) is 16.8 Å². The Morgan fingerprint density at radius 3 is 2.72 bits per heavy atom. The molecule has 4 nitrogen and oxygen atoms in total. The molecule has 0 fully saturated rings. The van der Waals surface area contributed by atoms with Gasteiger partial charge in [-0.3, -0.25) is 0 Å². The Kier molecular flexibility index (Phi) is 3.91. The minimum atomic E-state index is 0.139. The lowest BCUT2D eigenvalue weighted by atomic mass is 10.3. The molecular weight excluding hydrogens is 296 g/mol. The molecule has 0 unspecified atom stereocenters. The number of hydrogen-bond donors (Lipinski definition) is 1. The summed E-state index contributed by atoms with van der Waals surface area (Å²) in [4.78, 5) is 4.35. The van der Waals surface area contributed by atoms with Crippen molar-refractivity contribution in [3.63, 3.8) is 0 Å². The number of halogens is 1. The molecule has 0 aliphatic heterocycles. The van der Waals surface area contributed by atoms with Gasteiger partial charge in [-0.1, -0.05) is 12.1 Å². The van der Waals surface area contributed by atoms with Crippen molar-refractivity contribution >= 4 is 15.9 Å². The second kappa shape index (κ2) is 5.44. The molecule has 1 aromatic heterocycles. The van der Waals surface area contributed by atoms with Gasteiger partial charge in [0.1, 0.15) is 6.61 Å². The third kappa shape index (κ3) is 2.85. The Balaban J connectivity index is 2.07. The first-order chi connectivity index (χ1) is 8.58. The lowest BCUT2D eigenvalue weighted by Gasteiger charge is -2.07. The summed E-state index contributed by atoms with van der Waals surface area (Å²) in [5, 5.41) is 9.58. The largest absolute Gasteiger partial charge is 0.504 e. The Bertz CT molecular complexity index is 538. The zero-order valence-electron chi connectivity index (χ0n) is 10.3. The first-order valence-corrected chi connectivity index (χ1v) is 6.51. The van der Waals surface area contributed by atoms with E-state index in [2.05, 4.69) is 34.8 Å². The number of hydrogen-bond acceptors (Lipinski definition) is 3. The Labute approximate surface area is 114 Å². The normalized spacial score (nSPS) is 10.9. The summed E-state index contributed by atoms with van der Waals surface area (Å²) in [6.45, 7) is 4.50.